The SMILES string of the molecule is CCC(N)Cc1c(F)cccc1-n1cnc(C)c1C. The van der Waals surface area contributed by atoms with E-state index < -0.39 is 0 Å². The van der Waals surface area contributed by atoms with Crippen LogP contribution < -0.4 is 5.73 Å². The molecule has 2 aromatic rings. The van der Waals surface area contributed by atoms with Crippen LogP contribution in [0.25, 0.3) is 5.69 Å². The van der Waals surface area contributed by atoms with E-state index in [4.69, 9.17) is 5.73 Å². The number of aryl methyl sites for hydroxylation is 1. The first kappa shape index (κ1) is 13.7. The third-order valence-electron chi connectivity index (χ3n) is 3.60. The summed E-state index contributed by atoms with van der Waals surface area (Å²) in [6, 6.07) is 5.09. The van der Waals surface area contributed by atoms with Crippen LogP contribution >= 0.6 is 0 Å². The van der Waals surface area contributed by atoms with Gasteiger partial charge < -0.3 is 10.3 Å². The number of benzene rings is 1. The van der Waals surface area contributed by atoms with Crippen molar-refractivity contribution in [1.82, 2.24) is 9.55 Å². The van der Waals surface area contributed by atoms with Crippen LogP contribution in [0.15, 0.2) is 24.5 Å². The van der Waals surface area contributed by atoms with E-state index in [0.29, 0.717) is 12.0 Å². The fourth-order valence-corrected chi connectivity index (χ4v) is 2.12. The second kappa shape index (κ2) is 5.53. The van der Waals surface area contributed by atoms with Crippen molar-refractivity contribution in [2.24, 2.45) is 5.73 Å². The first-order valence-corrected chi connectivity index (χ1v) is 6.58. The Labute approximate surface area is 113 Å². The molecule has 2 N–H and O–H groups in total. The Morgan fingerprint density at radius 2 is 2.11 bits per heavy atom. The summed E-state index contributed by atoms with van der Waals surface area (Å²) < 4.78 is 16.0. The third-order valence-corrected chi connectivity index (χ3v) is 3.60. The molecule has 0 spiro atoms. The Hall–Kier alpha value is -1.68. The summed E-state index contributed by atoms with van der Waals surface area (Å²) in [6.45, 7) is 5.94. The lowest BCUT2D eigenvalue weighted by Gasteiger charge is -2.16. The highest BCUT2D eigenvalue weighted by Gasteiger charge is 2.15. The number of aromatic nitrogens is 2. The van der Waals surface area contributed by atoms with E-state index in [9.17, 15) is 4.39 Å². The number of hydrogen-bond donors (Lipinski definition) is 1. The maximum absolute atomic E-state index is 14.1. The average Bonchev–Trinajstić information content (AvgIpc) is 2.72. The standard InChI is InChI=1S/C15H20FN3/c1-4-12(17)8-13-14(16)6-5-7-15(13)19-9-18-10(2)11(19)3/h5-7,9,12H,4,8,17H2,1-3H3. The number of rotatable bonds is 4. The molecule has 3 nitrogen and oxygen atoms in total. The normalized spacial score (nSPS) is 12.7. The maximum Gasteiger partial charge on any atom is 0.128 e. The number of nitrogens with two attached hydrogens (primary N) is 1. The number of imidazole rings is 1. The number of nitrogens with zero attached hydrogens (tertiary/aromatic N) is 2. The minimum Gasteiger partial charge on any atom is -0.327 e. The summed E-state index contributed by atoms with van der Waals surface area (Å²) >= 11 is 0. The van der Waals surface area contributed by atoms with Gasteiger partial charge in [-0.1, -0.05) is 13.0 Å². The molecule has 0 aliphatic heterocycles. The highest BCUT2D eigenvalue weighted by Crippen LogP contribution is 2.22. The minimum absolute atomic E-state index is 0.0272. The van der Waals surface area contributed by atoms with Crippen molar-refractivity contribution in [1.29, 1.82) is 0 Å². The van der Waals surface area contributed by atoms with Gasteiger partial charge in [-0.2, -0.15) is 0 Å². The van der Waals surface area contributed by atoms with E-state index in [0.717, 1.165) is 23.5 Å². The molecular formula is C15H20FN3. The number of halogens is 1. The van der Waals surface area contributed by atoms with E-state index in [1.165, 1.54) is 6.07 Å². The highest BCUT2D eigenvalue weighted by atomic mass is 19.1. The van der Waals surface area contributed by atoms with Gasteiger partial charge in [-0.3, -0.25) is 0 Å². The molecule has 0 saturated heterocycles. The van der Waals surface area contributed by atoms with Crippen molar-refractivity contribution < 1.29 is 4.39 Å². The smallest absolute Gasteiger partial charge is 0.128 e. The molecule has 1 unspecified atom stereocenters. The Kier molecular flexibility index (Phi) is 4.00. The lowest BCUT2D eigenvalue weighted by Crippen LogP contribution is -2.23. The Bertz CT molecular complexity index is 575. The van der Waals surface area contributed by atoms with Gasteiger partial charge in [0.1, 0.15) is 5.82 Å². The number of hydrogen-bond acceptors (Lipinski definition) is 2. The van der Waals surface area contributed by atoms with Gasteiger partial charge in [-0.25, -0.2) is 9.37 Å². The van der Waals surface area contributed by atoms with E-state index in [2.05, 4.69) is 4.98 Å². The van der Waals surface area contributed by atoms with Crippen LogP contribution in [0.5, 0.6) is 0 Å². The van der Waals surface area contributed by atoms with Crippen LogP contribution in [0, 0.1) is 19.7 Å². The molecule has 2 rings (SSSR count). The monoisotopic (exact) mass is 261 g/mol. The average molecular weight is 261 g/mol. The molecule has 0 aliphatic rings. The van der Waals surface area contributed by atoms with E-state index in [1.54, 1.807) is 12.4 Å². The summed E-state index contributed by atoms with van der Waals surface area (Å²) in [4.78, 5) is 4.27. The second-order valence-corrected chi connectivity index (χ2v) is 4.90. The zero-order chi connectivity index (χ0) is 14.0. The lowest BCUT2D eigenvalue weighted by molar-refractivity contribution is 0.576. The van der Waals surface area contributed by atoms with Gasteiger partial charge in [0.15, 0.2) is 0 Å². The van der Waals surface area contributed by atoms with Gasteiger partial charge in [-0.15, -0.1) is 0 Å². The molecule has 102 valence electrons. The predicted molar refractivity (Wildman–Crippen MR) is 75.0 cm³/mol. The topological polar surface area (TPSA) is 43.8 Å². The fraction of sp³-hybridized carbons (Fsp3) is 0.400. The summed E-state index contributed by atoms with van der Waals surface area (Å²) in [7, 11) is 0. The van der Waals surface area contributed by atoms with Crippen LogP contribution in [0.3, 0.4) is 0 Å². The summed E-state index contributed by atoms with van der Waals surface area (Å²) in [5.74, 6) is -0.202. The van der Waals surface area contributed by atoms with Gasteiger partial charge in [0.25, 0.3) is 0 Å². The first-order chi connectivity index (χ1) is 9.04. The molecule has 1 atom stereocenters. The molecule has 1 aromatic heterocycles. The molecular weight excluding hydrogens is 241 g/mol. The van der Waals surface area contributed by atoms with E-state index in [-0.39, 0.29) is 11.9 Å². The zero-order valence-corrected chi connectivity index (χ0v) is 11.7. The third kappa shape index (κ3) is 2.68. The van der Waals surface area contributed by atoms with Crippen LogP contribution in [0.1, 0.15) is 30.3 Å². The van der Waals surface area contributed by atoms with E-state index >= 15 is 0 Å². The summed E-state index contributed by atoms with van der Waals surface area (Å²) in [6.07, 6.45) is 3.10. The van der Waals surface area contributed by atoms with Crippen molar-refractivity contribution in [2.75, 3.05) is 0 Å². The predicted octanol–water partition coefficient (Wildman–Crippen LogP) is 2.91. The maximum atomic E-state index is 14.1. The molecule has 0 radical (unpaired) electrons. The Balaban J connectivity index is 2.51. The van der Waals surface area contributed by atoms with E-state index in [1.807, 2.05) is 31.4 Å². The lowest BCUT2D eigenvalue weighted by atomic mass is 10.0. The second-order valence-electron chi connectivity index (χ2n) is 4.90. The van der Waals surface area contributed by atoms with Gasteiger partial charge in [0, 0.05) is 17.3 Å². The minimum atomic E-state index is -0.202. The molecule has 1 heterocycles. The molecule has 19 heavy (non-hydrogen) atoms. The van der Waals surface area contributed by atoms with Crippen molar-refractivity contribution in [3.8, 4) is 5.69 Å². The zero-order valence-electron chi connectivity index (χ0n) is 11.7. The van der Waals surface area contributed by atoms with Crippen LogP contribution in [0.2, 0.25) is 0 Å². The van der Waals surface area contributed by atoms with Crippen molar-refractivity contribution >= 4 is 0 Å². The Morgan fingerprint density at radius 3 is 2.68 bits per heavy atom. The summed E-state index contributed by atoms with van der Waals surface area (Å²) in [5.41, 5.74) is 9.45. The van der Waals surface area contributed by atoms with Gasteiger partial charge in [0.05, 0.1) is 17.7 Å². The summed E-state index contributed by atoms with van der Waals surface area (Å²) in [5, 5.41) is 0. The largest absolute Gasteiger partial charge is 0.327 e. The van der Waals surface area contributed by atoms with Gasteiger partial charge >= 0.3 is 0 Å². The Morgan fingerprint density at radius 1 is 1.37 bits per heavy atom. The van der Waals surface area contributed by atoms with Crippen LogP contribution in [0.4, 0.5) is 4.39 Å². The van der Waals surface area contributed by atoms with Crippen LogP contribution in [-0.2, 0) is 6.42 Å². The molecule has 0 aliphatic carbocycles. The molecule has 1 aromatic carbocycles. The molecule has 0 bridgehead atoms. The highest BCUT2D eigenvalue weighted by molar-refractivity contribution is 5.44. The van der Waals surface area contributed by atoms with Gasteiger partial charge in [0.2, 0.25) is 0 Å². The molecule has 0 fully saturated rings. The molecule has 4 heteroatoms. The van der Waals surface area contributed by atoms with Crippen molar-refractivity contribution in [3.05, 3.63) is 47.3 Å². The van der Waals surface area contributed by atoms with Crippen molar-refractivity contribution in [2.45, 2.75) is 39.7 Å². The molecule has 0 saturated carbocycles. The quantitative estimate of drug-likeness (QED) is 0.919. The van der Waals surface area contributed by atoms with Crippen molar-refractivity contribution in [3.63, 3.8) is 0 Å². The van der Waals surface area contributed by atoms with Crippen LogP contribution in [-0.4, -0.2) is 15.6 Å². The molecule has 0 amide bonds. The first-order valence-electron chi connectivity index (χ1n) is 6.58. The van der Waals surface area contributed by atoms with Gasteiger partial charge in [-0.05, 0) is 38.8 Å². The fourth-order valence-electron chi connectivity index (χ4n) is 2.12.